The Labute approximate surface area is 99.5 Å². The van der Waals surface area contributed by atoms with Crippen LogP contribution in [-0.4, -0.2) is 11.0 Å². The molecule has 0 amide bonds. The molecule has 1 aromatic rings. The Balaban J connectivity index is 2.28. The summed E-state index contributed by atoms with van der Waals surface area (Å²) in [4.78, 5) is 4.35. The molecule has 0 aromatic carbocycles. The fourth-order valence-electron chi connectivity index (χ4n) is 1.71. The average molecular weight is 220 g/mol. The SMILES string of the molecule is Cc1ccc(NC(C)CCCC(C)C)nc1. The Bertz CT molecular complexity index is 290. The van der Waals surface area contributed by atoms with E-state index in [0.717, 1.165) is 11.7 Å². The molecule has 1 unspecified atom stereocenters. The van der Waals surface area contributed by atoms with Crippen molar-refractivity contribution in [2.75, 3.05) is 5.32 Å². The predicted octanol–water partition coefficient (Wildman–Crippen LogP) is 4.02. The number of pyridine rings is 1. The molecule has 0 bridgehead atoms. The van der Waals surface area contributed by atoms with Gasteiger partial charge >= 0.3 is 0 Å². The number of rotatable bonds is 6. The Morgan fingerprint density at radius 3 is 2.50 bits per heavy atom. The molecule has 0 saturated carbocycles. The molecule has 0 radical (unpaired) electrons. The minimum atomic E-state index is 0.508. The molecule has 1 aromatic heterocycles. The third-order valence-corrected chi connectivity index (χ3v) is 2.72. The minimum Gasteiger partial charge on any atom is -0.368 e. The third-order valence-electron chi connectivity index (χ3n) is 2.72. The van der Waals surface area contributed by atoms with Gasteiger partial charge in [-0.05, 0) is 37.8 Å². The second-order valence-electron chi connectivity index (χ2n) is 5.09. The zero-order valence-electron chi connectivity index (χ0n) is 11.0. The highest BCUT2D eigenvalue weighted by Crippen LogP contribution is 2.12. The fourth-order valence-corrected chi connectivity index (χ4v) is 1.71. The molecule has 0 aliphatic heterocycles. The summed E-state index contributed by atoms with van der Waals surface area (Å²) in [5.74, 6) is 1.80. The number of hydrogen-bond acceptors (Lipinski definition) is 2. The van der Waals surface area contributed by atoms with Crippen LogP contribution in [0.3, 0.4) is 0 Å². The maximum absolute atomic E-state index is 4.35. The lowest BCUT2D eigenvalue weighted by Gasteiger charge is -2.15. The molecular formula is C14H24N2. The molecule has 1 heterocycles. The molecule has 1 atom stereocenters. The van der Waals surface area contributed by atoms with Crippen LogP contribution in [0.1, 0.15) is 45.6 Å². The van der Waals surface area contributed by atoms with Gasteiger partial charge in [-0.3, -0.25) is 0 Å². The van der Waals surface area contributed by atoms with Gasteiger partial charge in [-0.15, -0.1) is 0 Å². The van der Waals surface area contributed by atoms with Crippen LogP contribution in [0.4, 0.5) is 5.82 Å². The van der Waals surface area contributed by atoms with Crippen molar-refractivity contribution in [3.8, 4) is 0 Å². The number of nitrogens with zero attached hydrogens (tertiary/aromatic N) is 1. The summed E-state index contributed by atoms with van der Waals surface area (Å²) in [6.45, 7) is 8.84. The van der Waals surface area contributed by atoms with Crippen molar-refractivity contribution >= 4 is 5.82 Å². The highest BCUT2D eigenvalue weighted by atomic mass is 15.0. The van der Waals surface area contributed by atoms with Crippen molar-refractivity contribution < 1.29 is 0 Å². The number of nitrogens with one attached hydrogen (secondary N) is 1. The summed E-state index contributed by atoms with van der Waals surface area (Å²) in [5.41, 5.74) is 1.21. The number of aromatic nitrogens is 1. The van der Waals surface area contributed by atoms with Crippen LogP contribution in [0.25, 0.3) is 0 Å². The van der Waals surface area contributed by atoms with Crippen LogP contribution in [-0.2, 0) is 0 Å². The number of anilines is 1. The van der Waals surface area contributed by atoms with E-state index >= 15 is 0 Å². The smallest absolute Gasteiger partial charge is 0.126 e. The lowest BCUT2D eigenvalue weighted by atomic mass is 10.0. The van der Waals surface area contributed by atoms with Gasteiger partial charge in [0.1, 0.15) is 5.82 Å². The molecule has 0 saturated heterocycles. The van der Waals surface area contributed by atoms with E-state index in [-0.39, 0.29) is 0 Å². The first-order valence-electron chi connectivity index (χ1n) is 6.27. The van der Waals surface area contributed by atoms with E-state index in [2.05, 4.69) is 44.1 Å². The molecule has 16 heavy (non-hydrogen) atoms. The van der Waals surface area contributed by atoms with Crippen molar-refractivity contribution in [3.05, 3.63) is 23.9 Å². The van der Waals surface area contributed by atoms with Crippen LogP contribution in [0.5, 0.6) is 0 Å². The molecule has 0 fully saturated rings. The first-order chi connectivity index (χ1) is 7.58. The Hall–Kier alpha value is -1.05. The molecule has 2 heteroatoms. The molecule has 1 rings (SSSR count). The van der Waals surface area contributed by atoms with Gasteiger partial charge in [0.25, 0.3) is 0 Å². The number of aryl methyl sites for hydroxylation is 1. The molecule has 0 spiro atoms. The first-order valence-corrected chi connectivity index (χ1v) is 6.27. The topological polar surface area (TPSA) is 24.9 Å². The summed E-state index contributed by atoms with van der Waals surface area (Å²) < 4.78 is 0. The number of hydrogen-bond donors (Lipinski definition) is 1. The van der Waals surface area contributed by atoms with Gasteiger partial charge in [-0.1, -0.05) is 32.8 Å². The van der Waals surface area contributed by atoms with E-state index in [1.807, 2.05) is 12.3 Å². The molecule has 2 nitrogen and oxygen atoms in total. The van der Waals surface area contributed by atoms with E-state index in [1.54, 1.807) is 0 Å². The zero-order valence-corrected chi connectivity index (χ0v) is 11.0. The van der Waals surface area contributed by atoms with Gasteiger partial charge in [0, 0.05) is 12.2 Å². The van der Waals surface area contributed by atoms with E-state index in [4.69, 9.17) is 0 Å². The molecule has 1 N–H and O–H groups in total. The minimum absolute atomic E-state index is 0.508. The fraction of sp³-hybridized carbons (Fsp3) is 0.643. The Morgan fingerprint density at radius 2 is 1.94 bits per heavy atom. The van der Waals surface area contributed by atoms with Crippen molar-refractivity contribution in [2.24, 2.45) is 5.92 Å². The van der Waals surface area contributed by atoms with Gasteiger partial charge in [0.15, 0.2) is 0 Å². The lowest BCUT2D eigenvalue weighted by Crippen LogP contribution is -2.16. The second-order valence-corrected chi connectivity index (χ2v) is 5.09. The summed E-state index contributed by atoms with van der Waals surface area (Å²) in [7, 11) is 0. The molecular weight excluding hydrogens is 196 g/mol. The average Bonchev–Trinajstić information content (AvgIpc) is 2.21. The Morgan fingerprint density at radius 1 is 1.19 bits per heavy atom. The highest BCUT2D eigenvalue weighted by molar-refractivity contribution is 5.35. The summed E-state index contributed by atoms with van der Waals surface area (Å²) in [5, 5.41) is 3.43. The van der Waals surface area contributed by atoms with Crippen LogP contribution in [0, 0.1) is 12.8 Å². The quantitative estimate of drug-likeness (QED) is 0.783. The van der Waals surface area contributed by atoms with Gasteiger partial charge in [-0.25, -0.2) is 4.98 Å². The van der Waals surface area contributed by atoms with Crippen LogP contribution < -0.4 is 5.32 Å². The standard InChI is InChI=1S/C14H24N2/c1-11(2)6-5-7-13(4)16-14-9-8-12(3)10-15-14/h8-11,13H,5-7H2,1-4H3,(H,15,16). The van der Waals surface area contributed by atoms with E-state index < -0.39 is 0 Å². The van der Waals surface area contributed by atoms with E-state index in [1.165, 1.54) is 24.8 Å². The summed E-state index contributed by atoms with van der Waals surface area (Å²) >= 11 is 0. The van der Waals surface area contributed by atoms with Crippen molar-refractivity contribution in [2.45, 2.75) is 53.0 Å². The molecule has 0 aliphatic carbocycles. The maximum atomic E-state index is 4.35. The van der Waals surface area contributed by atoms with Crippen molar-refractivity contribution in [3.63, 3.8) is 0 Å². The van der Waals surface area contributed by atoms with Crippen LogP contribution in [0.15, 0.2) is 18.3 Å². The second kappa shape index (κ2) is 6.51. The van der Waals surface area contributed by atoms with Gasteiger partial charge in [0.05, 0.1) is 0 Å². The van der Waals surface area contributed by atoms with Crippen LogP contribution >= 0.6 is 0 Å². The summed E-state index contributed by atoms with van der Waals surface area (Å²) in [6.07, 6.45) is 5.72. The highest BCUT2D eigenvalue weighted by Gasteiger charge is 2.03. The van der Waals surface area contributed by atoms with E-state index in [0.29, 0.717) is 6.04 Å². The normalized spacial score (nSPS) is 12.8. The largest absolute Gasteiger partial charge is 0.368 e. The van der Waals surface area contributed by atoms with Crippen molar-refractivity contribution in [1.29, 1.82) is 0 Å². The van der Waals surface area contributed by atoms with Crippen LogP contribution in [0.2, 0.25) is 0 Å². The molecule has 90 valence electrons. The predicted molar refractivity (Wildman–Crippen MR) is 70.7 cm³/mol. The molecule has 0 aliphatic rings. The maximum Gasteiger partial charge on any atom is 0.126 e. The monoisotopic (exact) mass is 220 g/mol. The third kappa shape index (κ3) is 5.15. The summed E-state index contributed by atoms with van der Waals surface area (Å²) in [6, 6.07) is 4.65. The van der Waals surface area contributed by atoms with Gasteiger partial charge < -0.3 is 5.32 Å². The lowest BCUT2D eigenvalue weighted by molar-refractivity contribution is 0.520. The van der Waals surface area contributed by atoms with E-state index in [9.17, 15) is 0 Å². The first kappa shape index (κ1) is 13.0. The van der Waals surface area contributed by atoms with Gasteiger partial charge in [0.2, 0.25) is 0 Å². The van der Waals surface area contributed by atoms with Gasteiger partial charge in [-0.2, -0.15) is 0 Å². The van der Waals surface area contributed by atoms with Crippen molar-refractivity contribution in [1.82, 2.24) is 4.98 Å². The zero-order chi connectivity index (χ0) is 12.0. The Kier molecular flexibility index (Phi) is 5.30.